The molecule has 0 spiro atoms. The van der Waals surface area contributed by atoms with Gasteiger partial charge in [-0.2, -0.15) is 0 Å². The average Bonchev–Trinajstić information content (AvgIpc) is 2.73. The third-order valence-corrected chi connectivity index (χ3v) is 4.60. The summed E-state index contributed by atoms with van der Waals surface area (Å²) >= 11 is 0. The smallest absolute Gasteiger partial charge is 0.313 e. The molecule has 152 valence electrons. The fourth-order valence-corrected chi connectivity index (χ4v) is 3.11. The van der Waals surface area contributed by atoms with Gasteiger partial charge in [-0.25, -0.2) is 4.39 Å². The molecule has 2 aromatic rings. The van der Waals surface area contributed by atoms with Crippen LogP contribution in [0.5, 0.6) is 0 Å². The number of amides is 1. The Morgan fingerprint density at radius 2 is 1.93 bits per heavy atom. The number of carbonyl (C=O) groups excluding carboxylic acids is 2. The third kappa shape index (κ3) is 5.07. The number of amidine groups is 1. The maximum absolute atomic E-state index is 14.9. The van der Waals surface area contributed by atoms with Gasteiger partial charge in [-0.1, -0.05) is 12.1 Å². The van der Waals surface area contributed by atoms with E-state index in [2.05, 4.69) is 4.98 Å². The molecule has 3 rings (SSSR count). The van der Waals surface area contributed by atoms with Crippen LogP contribution < -0.4 is 10.6 Å². The summed E-state index contributed by atoms with van der Waals surface area (Å²) < 4.78 is 19.9. The highest BCUT2D eigenvalue weighted by Crippen LogP contribution is 2.24. The molecule has 0 saturated carbocycles. The Bertz CT molecular complexity index is 898. The van der Waals surface area contributed by atoms with Gasteiger partial charge < -0.3 is 20.3 Å². The van der Waals surface area contributed by atoms with E-state index in [1.165, 1.54) is 6.20 Å². The van der Waals surface area contributed by atoms with Crippen LogP contribution in [0.1, 0.15) is 22.3 Å². The highest BCUT2D eigenvalue weighted by Gasteiger charge is 2.24. The van der Waals surface area contributed by atoms with Gasteiger partial charge in [-0.15, -0.1) is 0 Å². The molecule has 0 aliphatic carbocycles. The lowest BCUT2D eigenvalue weighted by Gasteiger charge is -2.36. The Morgan fingerprint density at radius 1 is 1.17 bits per heavy atom. The number of nitrogens with one attached hydrogen (secondary N) is 1. The number of carbonyl (C=O) groups is 2. The molecule has 29 heavy (non-hydrogen) atoms. The Balaban J connectivity index is 1.61. The SMILES string of the molecule is N=C(N)CC(=O)OCc1cccc(N2CCN(C(=O)c3cccnc3)CC2)c1F. The summed E-state index contributed by atoms with van der Waals surface area (Å²) in [7, 11) is 0. The van der Waals surface area contributed by atoms with Crippen molar-refractivity contribution in [2.24, 2.45) is 5.73 Å². The maximum Gasteiger partial charge on any atom is 0.313 e. The zero-order chi connectivity index (χ0) is 20.8. The van der Waals surface area contributed by atoms with Crippen molar-refractivity contribution in [3.05, 3.63) is 59.7 Å². The van der Waals surface area contributed by atoms with Gasteiger partial charge >= 0.3 is 5.97 Å². The van der Waals surface area contributed by atoms with Crippen molar-refractivity contribution in [2.75, 3.05) is 31.1 Å². The molecule has 1 aromatic carbocycles. The predicted molar refractivity (Wildman–Crippen MR) is 105 cm³/mol. The zero-order valence-corrected chi connectivity index (χ0v) is 15.8. The van der Waals surface area contributed by atoms with E-state index in [1.807, 2.05) is 4.90 Å². The van der Waals surface area contributed by atoms with Gasteiger partial charge in [0.1, 0.15) is 18.9 Å². The van der Waals surface area contributed by atoms with E-state index in [1.54, 1.807) is 41.4 Å². The summed E-state index contributed by atoms with van der Waals surface area (Å²) in [5.74, 6) is -1.53. The molecule has 0 atom stereocenters. The molecule has 0 bridgehead atoms. The standard InChI is InChI=1S/C20H22FN5O3/c21-19-15(13-29-18(27)11-17(22)23)3-1-5-16(19)25-7-9-26(10-8-25)20(28)14-4-2-6-24-12-14/h1-6,12H,7-11,13H2,(H3,22,23). The van der Waals surface area contributed by atoms with Gasteiger partial charge in [-0.05, 0) is 18.2 Å². The molecule has 2 heterocycles. The molecule has 1 saturated heterocycles. The average molecular weight is 399 g/mol. The van der Waals surface area contributed by atoms with E-state index in [9.17, 15) is 14.0 Å². The first-order valence-corrected chi connectivity index (χ1v) is 9.16. The van der Waals surface area contributed by atoms with Gasteiger partial charge in [0.2, 0.25) is 0 Å². The number of anilines is 1. The van der Waals surface area contributed by atoms with Crippen molar-refractivity contribution >= 4 is 23.4 Å². The molecular formula is C20H22FN5O3. The number of piperazine rings is 1. The van der Waals surface area contributed by atoms with E-state index in [0.29, 0.717) is 37.4 Å². The van der Waals surface area contributed by atoms with Gasteiger partial charge in [0.05, 0.1) is 11.3 Å². The molecule has 8 nitrogen and oxygen atoms in total. The van der Waals surface area contributed by atoms with E-state index >= 15 is 0 Å². The van der Waals surface area contributed by atoms with Crippen LogP contribution in [0.2, 0.25) is 0 Å². The molecule has 1 amide bonds. The molecule has 3 N–H and O–H groups in total. The van der Waals surface area contributed by atoms with Gasteiger partial charge in [0.25, 0.3) is 5.91 Å². The monoisotopic (exact) mass is 399 g/mol. The second-order valence-electron chi connectivity index (χ2n) is 6.63. The highest BCUT2D eigenvalue weighted by molar-refractivity contribution is 5.95. The van der Waals surface area contributed by atoms with Crippen LogP contribution in [0.25, 0.3) is 0 Å². The van der Waals surface area contributed by atoms with Gasteiger partial charge in [-0.3, -0.25) is 20.0 Å². The van der Waals surface area contributed by atoms with Crippen molar-refractivity contribution in [1.82, 2.24) is 9.88 Å². The number of nitrogens with zero attached hydrogens (tertiary/aromatic N) is 3. The maximum atomic E-state index is 14.9. The lowest BCUT2D eigenvalue weighted by molar-refractivity contribution is -0.143. The summed E-state index contributed by atoms with van der Waals surface area (Å²) in [4.78, 5) is 31.6. The molecular weight excluding hydrogens is 377 g/mol. The Hall–Kier alpha value is -3.49. The number of nitrogens with two attached hydrogens (primary N) is 1. The summed E-state index contributed by atoms with van der Waals surface area (Å²) in [6.45, 7) is 1.66. The number of pyridine rings is 1. The minimum Gasteiger partial charge on any atom is -0.460 e. The molecule has 1 aliphatic rings. The lowest BCUT2D eigenvalue weighted by atomic mass is 10.1. The number of aromatic nitrogens is 1. The highest BCUT2D eigenvalue weighted by atomic mass is 19.1. The van der Waals surface area contributed by atoms with Crippen LogP contribution in [0, 0.1) is 11.2 Å². The van der Waals surface area contributed by atoms with Crippen molar-refractivity contribution in [3.8, 4) is 0 Å². The summed E-state index contributed by atoms with van der Waals surface area (Å²) in [6.07, 6.45) is 2.82. The first-order valence-electron chi connectivity index (χ1n) is 9.16. The number of rotatable bonds is 6. The number of halogens is 1. The number of hydrogen-bond acceptors (Lipinski definition) is 6. The largest absolute Gasteiger partial charge is 0.460 e. The first kappa shape index (κ1) is 20.2. The molecule has 0 unspecified atom stereocenters. The zero-order valence-electron chi connectivity index (χ0n) is 15.8. The number of ether oxygens (including phenoxy) is 1. The van der Waals surface area contributed by atoms with E-state index < -0.39 is 11.8 Å². The van der Waals surface area contributed by atoms with Crippen LogP contribution in [0.4, 0.5) is 10.1 Å². The Morgan fingerprint density at radius 3 is 2.59 bits per heavy atom. The van der Waals surface area contributed by atoms with Gasteiger partial charge in [0.15, 0.2) is 5.82 Å². The number of esters is 1. The van der Waals surface area contributed by atoms with E-state index in [-0.39, 0.29) is 30.3 Å². The fourth-order valence-electron chi connectivity index (χ4n) is 3.11. The number of benzene rings is 1. The van der Waals surface area contributed by atoms with E-state index in [4.69, 9.17) is 15.9 Å². The van der Waals surface area contributed by atoms with Crippen LogP contribution in [-0.4, -0.2) is 53.8 Å². The van der Waals surface area contributed by atoms with E-state index in [0.717, 1.165) is 0 Å². The Labute approximate surface area is 167 Å². The van der Waals surface area contributed by atoms with Crippen LogP contribution >= 0.6 is 0 Å². The molecule has 9 heteroatoms. The van der Waals surface area contributed by atoms with Crippen molar-refractivity contribution < 1.29 is 18.7 Å². The van der Waals surface area contributed by atoms with Gasteiger partial charge in [0, 0.05) is 44.1 Å². The second-order valence-corrected chi connectivity index (χ2v) is 6.63. The lowest BCUT2D eigenvalue weighted by Crippen LogP contribution is -2.49. The van der Waals surface area contributed by atoms with Crippen molar-refractivity contribution in [1.29, 1.82) is 5.41 Å². The number of hydrogen-bond donors (Lipinski definition) is 2. The summed E-state index contributed by atoms with van der Waals surface area (Å²) in [6, 6.07) is 8.34. The molecule has 1 aliphatic heterocycles. The summed E-state index contributed by atoms with van der Waals surface area (Å²) in [5.41, 5.74) is 6.33. The molecule has 1 aromatic heterocycles. The third-order valence-electron chi connectivity index (χ3n) is 4.60. The topological polar surface area (TPSA) is 113 Å². The van der Waals surface area contributed by atoms with Crippen LogP contribution in [0.15, 0.2) is 42.7 Å². The predicted octanol–water partition coefficient (Wildman–Crippen LogP) is 1.55. The second kappa shape index (κ2) is 9.13. The van der Waals surface area contributed by atoms with Crippen molar-refractivity contribution in [2.45, 2.75) is 13.0 Å². The van der Waals surface area contributed by atoms with Crippen LogP contribution in [-0.2, 0) is 16.1 Å². The normalized spacial score (nSPS) is 13.8. The molecule has 0 radical (unpaired) electrons. The first-order chi connectivity index (χ1) is 14.0. The minimum absolute atomic E-state index is 0.0932. The minimum atomic E-state index is -0.676. The quantitative estimate of drug-likeness (QED) is 0.433. The van der Waals surface area contributed by atoms with Crippen LogP contribution in [0.3, 0.4) is 0 Å². The van der Waals surface area contributed by atoms with Crippen molar-refractivity contribution in [3.63, 3.8) is 0 Å². The fraction of sp³-hybridized carbons (Fsp3) is 0.300. The Kier molecular flexibility index (Phi) is 6.38. The summed E-state index contributed by atoms with van der Waals surface area (Å²) in [5, 5.41) is 7.08. The molecule has 1 fully saturated rings.